The molecule has 1 rings (SSSR count). The molecule has 4 unspecified atom stereocenters. The predicted octanol–water partition coefficient (Wildman–Crippen LogP) is 2.44. The molecule has 14 heavy (non-hydrogen) atoms. The minimum Gasteiger partial charge on any atom is -0.376 e. The van der Waals surface area contributed by atoms with Crippen molar-refractivity contribution >= 4 is 0 Å². The van der Waals surface area contributed by atoms with E-state index in [0.717, 1.165) is 13.2 Å². The van der Waals surface area contributed by atoms with Crippen LogP contribution in [-0.4, -0.2) is 25.3 Å². The van der Waals surface area contributed by atoms with Crippen molar-refractivity contribution in [2.45, 2.75) is 52.7 Å². The largest absolute Gasteiger partial charge is 0.376 e. The fourth-order valence-corrected chi connectivity index (χ4v) is 2.31. The summed E-state index contributed by atoms with van der Waals surface area (Å²) in [4.78, 5) is 0. The second kappa shape index (κ2) is 5.72. The van der Waals surface area contributed by atoms with Gasteiger partial charge in [-0.25, -0.2) is 0 Å². The van der Waals surface area contributed by atoms with E-state index in [1.807, 2.05) is 0 Å². The number of likely N-dealkylation sites (N-methyl/N-ethyl adjacent to an activating group) is 1. The summed E-state index contributed by atoms with van der Waals surface area (Å²) in [6.07, 6.45) is 2.89. The van der Waals surface area contributed by atoms with E-state index in [2.05, 4.69) is 33.0 Å². The average molecular weight is 199 g/mol. The summed E-state index contributed by atoms with van der Waals surface area (Å²) in [6, 6.07) is 0.544. The molecule has 84 valence electrons. The first-order chi connectivity index (χ1) is 6.70. The molecule has 0 amide bonds. The molecule has 0 aromatic carbocycles. The van der Waals surface area contributed by atoms with Crippen molar-refractivity contribution in [2.75, 3.05) is 13.2 Å². The molecule has 0 aromatic heterocycles. The second-order valence-corrected chi connectivity index (χ2v) is 4.57. The Morgan fingerprint density at radius 1 is 1.43 bits per heavy atom. The van der Waals surface area contributed by atoms with E-state index in [4.69, 9.17) is 4.74 Å². The summed E-state index contributed by atoms with van der Waals surface area (Å²) >= 11 is 0. The molecule has 0 bridgehead atoms. The van der Waals surface area contributed by atoms with Gasteiger partial charge in [0.15, 0.2) is 0 Å². The molecule has 0 aromatic rings. The van der Waals surface area contributed by atoms with Gasteiger partial charge in [0.25, 0.3) is 0 Å². The molecule has 0 spiro atoms. The fraction of sp³-hybridized carbons (Fsp3) is 1.00. The Labute approximate surface area is 88.4 Å². The van der Waals surface area contributed by atoms with Crippen LogP contribution in [0.3, 0.4) is 0 Å². The Kier molecular flexibility index (Phi) is 4.90. The smallest absolute Gasteiger partial charge is 0.0756 e. The Morgan fingerprint density at radius 2 is 2.14 bits per heavy atom. The lowest BCUT2D eigenvalue weighted by Gasteiger charge is -2.31. The topological polar surface area (TPSA) is 21.3 Å². The summed E-state index contributed by atoms with van der Waals surface area (Å²) < 4.78 is 5.84. The molecule has 0 saturated carbocycles. The van der Waals surface area contributed by atoms with E-state index in [0.29, 0.717) is 24.0 Å². The van der Waals surface area contributed by atoms with Crippen LogP contribution in [0.5, 0.6) is 0 Å². The van der Waals surface area contributed by atoms with Crippen molar-refractivity contribution in [1.29, 1.82) is 0 Å². The average Bonchev–Trinajstić information content (AvgIpc) is 2.60. The van der Waals surface area contributed by atoms with Gasteiger partial charge in [0.2, 0.25) is 0 Å². The molecule has 1 aliphatic rings. The normalized spacial score (nSPS) is 31.7. The van der Waals surface area contributed by atoms with Crippen LogP contribution in [0.1, 0.15) is 40.5 Å². The highest BCUT2D eigenvalue weighted by Crippen LogP contribution is 2.27. The van der Waals surface area contributed by atoms with Gasteiger partial charge in [0, 0.05) is 12.6 Å². The summed E-state index contributed by atoms with van der Waals surface area (Å²) in [6.45, 7) is 11.1. The van der Waals surface area contributed by atoms with Gasteiger partial charge in [-0.2, -0.15) is 0 Å². The third kappa shape index (κ3) is 2.71. The first-order valence-corrected chi connectivity index (χ1v) is 6.05. The van der Waals surface area contributed by atoms with E-state index >= 15 is 0 Å². The van der Waals surface area contributed by atoms with Crippen molar-refractivity contribution in [3.8, 4) is 0 Å². The van der Waals surface area contributed by atoms with Crippen LogP contribution in [0.15, 0.2) is 0 Å². The minimum absolute atomic E-state index is 0.435. The number of ether oxygens (including phenoxy) is 1. The standard InChI is InChI=1S/C12H25NO/c1-5-9(3)11(13-6-2)12-10(4)7-8-14-12/h9-13H,5-8H2,1-4H3. The Hall–Kier alpha value is -0.0800. The maximum Gasteiger partial charge on any atom is 0.0756 e. The number of rotatable bonds is 5. The zero-order valence-corrected chi connectivity index (χ0v) is 10.0. The summed E-state index contributed by atoms with van der Waals surface area (Å²) in [5, 5.41) is 3.58. The molecular weight excluding hydrogens is 174 g/mol. The molecule has 1 aliphatic heterocycles. The molecule has 1 fully saturated rings. The SMILES string of the molecule is CCNC(C(C)CC)C1OCCC1C. The van der Waals surface area contributed by atoms with Crippen LogP contribution in [-0.2, 0) is 4.74 Å². The van der Waals surface area contributed by atoms with Gasteiger partial charge in [0.1, 0.15) is 0 Å². The lowest BCUT2D eigenvalue weighted by molar-refractivity contribution is 0.0434. The number of hydrogen-bond acceptors (Lipinski definition) is 2. The van der Waals surface area contributed by atoms with E-state index < -0.39 is 0 Å². The van der Waals surface area contributed by atoms with E-state index in [9.17, 15) is 0 Å². The zero-order chi connectivity index (χ0) is 10.6. The van der Waals surface area contributed by atoms with Crippen molar-refractivity contribution in [3.63, 3.8) is 0 Å². The first-order valence-electron chi connectivity index (χ1n) is 6.05. The molecule has 2 nitrogen and oxygen atoms in total. The van der Waals surface area contributed by atoms with Crippen molar-refractivity contribution < 1.29 is 4.74 Å². The van der Waals surface area contributed by atoms with Gasteiger partial charge in [-0.15, -0.1) is 0 Å². The van der Waals surface area contributed by atoms with Gasteiger partial charge in [-0.05, 0) is 24.8 Å². The molecule has 4 atom stereocenters. The lowest BCUT2D eigenvalue weighted by Crippen LogP contribution is -2.46. The molecule has 0 aliphatic carbocycles. The summed E-state index contributed by atoms with van der Waals surface area (Å²) in [7, 11) is 0. The zero-order valence-electron chi connectivity index (χ0n) is 10.0. The van der Waals surface area contributed by atoms with Crippen LogP contribution in [0.25, 0.3) is 0 Å². The lowest BCUT2D eigenvalue weighted by atomic mass is 9.88. The quantitative estimate of drug-likeness (QED) is 0.734. The van der Waals surface area contributed by atoms with E-state index in [1.165, 1.54) is 12.8 Å². The van der Waals surface area contributed by atoms with Crippen LogP contribution in [0.2, 0.25) is 0 Å². The highest BCUT2D eigenvalue weighted by Gasteiger charge is 2.33. The molecule has 1 N–H and O–H groups in total. The predicted molar refractivity (Wildman–Crippen MR) is 60.4 cm³/mol. The van der Waals surface area contributed by atoms with Gasteiger partial charge >= 0.3 is 0 Å². The highest BCUT2D eigenvalue weighted by molar-refractivity contribution is 4.87. The number of nitrogens with one attached hydrogen (secondary N) is 1. The van der Waals surface area contributed by atoms with E-state index in [-0.39, 0.29) is 0 Å². The van der Waals surface area contributed by atoms with Crippen molar-refractivity contribution in [2.24, 2.45) is 11.8 Å². The molecule has 2 heteroatoms. The summed E-state index contributed by atoms with van der Waals surface area (Å²) in [5.41, 5.74) is 0. The summed E-state index contributed by atoms with van der Waals surface area (Å²) in [5.74, 6) is 1.42. The molecular formula is C12H25NO. The Morgan fingerprint density at radius 3 is 2.57 bits per heavy atom. The van der Waals surface area contributed by atoms with Gasteiger partial charge in [-0.3, -0.25) is 0 Å². The molecule has 0 radical (unpaired) electrons. The van der Waals surface area contributed by atoms with Crippen LogP contribution >= 0.6 is 0 Å². The first kappa shape index (κ1) is 12.0. The maximum atomic E-state index is 5.84. The Bertz CT molecular complexity index is 160. The maximum absolute atomic E-state index is 5.84. The van der Waals surface area contributed by atoms with Crippen LogP contribution in [0, 0.1) is 11.8 Å². The second-order valence-electron chi connectivity index (χ2n) is 4.57. The molecule has 1 saturated heterocycles. The van der Waals surface area contributed by atoms with Gasteiger partial charge in [-0.1, -0.05) is 34.1 Å². The third-order valence-electron chi connectivity index (χ3n) is 3.50. The van der Waals surface area contributed by atoms with Crippen molar-refractivity contribution in [1.82, 2.24) is 5.32 Å². The third-order valence-corrected chi connectivity index (χ3v) is 3.50. The minimum atomic E-state index is 0.435. The monoisotopic (exact) mass is 199 g/mol. The van der Waals surface area contributed by atoms with Crippen LogP contribution < -0.4 is 5.32 Å². The van der Waals surface area contributed by atoms with Gasteiger partial charge < -0.3 is 10.1 Å². The van der Waals surface area contributed by atoms with Gasteiger partial charge in [0.05, 0.1) is 6.10 Å². The van der Waals surface area contributed by atoms with Crippen LogP contribution in [0.4, 0.5) is 0 Å². The Balaban J connectivity index is 2.56. The fourth-order valence-electron chi connectivity index (χ4n) is 2.31. The number of hydrogen-bond donors (Lipinski definition) is 1. The molecule has 1 heterocycles. The van der Waals surface area contributed by atoms with E-state index in [1.54, 1.807) is 0 Å². The highest BCUT2D eigenvalue weighted by atomic mass is 16.5. The van der Waals surface area contributed by atoms with Crippen molar-refractivity contribution in [3.05, 3.63) is 0 Å².